The first-order valence-electron chi connectivity index (χ1n) is 9.36. The standard InChI is InChI=1S/C20H29N3O2/c1-15-3-5-17(6-4-15)13-20(25)23-11-9-22(10-12-23)14-19(24)21-16(2)18-7-8-18/h3-6,16,18H,7-14H2,1-2H3,(H,21,24)/t16-/m0/s1. The molecule has 1 atom stereocenters. The van der Waals surface area contributed by atoms with Gasteiger partial charge in [0.1, 0.15) is 0 Å². The molecule has 2 amide bonds. The van der Waals surface area contributed by atoms with Crippen molar-refractivity contribution in [3.05, 3.63) is 35.4 Å². The van der Waals surface area contributed by atoms with E-state index in [-0.39, 0.29) is 11.8 Å². The van der Waals surface area contributed by atoms with Gasteiger partial charge in [0.05, 0.1) is 13.0 Å². The molecular weight excluding hydrogens is 314 g/mol. The summed E-state index contributed by atoms with van der Waals surface area (Å²) in [6, 6.07) is 8.43. The molecule has 2 fully saturated rings. The molecular formula is C20H29N3O2. The van der Waals surface area contributed by atoms with Gasteiger partial charge in [0.2, 0.25) is 11.8 Å². The predicted molar refractivity (Wildman–Crippen MR) is 98.2 cm³/mol. The lowest BCUT2D eigenvalue weighted by atomic mass is 10.1. The van der Waals surface area contributed by atoms with Crippen molar-refractivity contribution in [3.63, 3.8) is 0 Å². The zero-order valence-electron chi connectivity index (χ0n) is 15.3. The zero-order valence-corrected chi connectivity index (χ0v) is 15.3. The Morgan fingerprint density at radius 3 is 2.36 bits per heavy atom. The van der Waals surface area contributed by atoms with Crippen molar-refractivity contribution >= 4 is 11.8 Å². The lowest BCUT2D eigenvalue weighted by Crippen LogP contribution is -2.52. The van der Waals surface area contributed by atoms with E-state index in [4.69, 9.17) is 0 Å². The molecule has 3 rings (SSSR count). The number of nitrogens with zero attached hydrogens (tertiary/aromatic N) is 2. The normalized spacial score (nSPS) is 19.5. The van der Waals surface area contributed by atoms with E-state index < -0.39 is 0 Å². The summed E-state index contributed by atoms with van der Waals surface area (Å²) in [4.78, 5) is 28.6. The number of hydrogen-bond donors (Lipinski definition) is 1. The third kappa shape index (κ3) is 5.30. The summed E-state index contributed by atoms with van der Waals surface area (Å²) in [6.07, 6.45) is 2.94. The minimum atomic E-state index is 0.110. The molecule has 1 saturated carbocycles. The second-order valence-electron chi connectivity index (χ2n) is 7.51. The number of piperazine rings is 1. The highest BCUT2D eigenvalue weighted by Gasteiger charge is 2.29. The maximum Gasteiger partial charge on any atom is 0.234 e. The maximum atomic E-state index is 12.4. The number of aryl methyl sites for hydroxylation is 1. The Hall–Kier alpha value is -1.88. The van der Waals surface area contributed by atoms with Gasteiger partial charge in [-0.15, -0.1) is 0 Å². The first kappa shape index (κ1) is 17.9. The summed E-state index contributed by atoms with van der Waals surface area (Å²) in [6.45, 7) is 7.53. The Morgan fingerprint density at radius 1 is 1.12 bits per heavy atom. The SMILES string of the molecule is Cc1ccc(CC(=O)N2CCN(CC(=O)N[C@@H](C)C3CC3)CC2)cc1. The van der Waals surface area contributed by atoms with E-state index in [0.29, 0.717) is 38.0 Å². The van der Waals surface area contributed by atoms with Gasteiger partial charge in [-0.25, -0.2) is 0 Å². The first-order valence-corrected chi connectivity index (χ1v) is 9.36. The highest BCUT2D eigenvalue weighted by Crippen LogP contribution is 2.32. The fourth-order valence-electron chi connectivity index (χ4n) is 3.36. The van der Waals surface area contributed by atoms with Gasteiger partial charge in [-0.2, -0.15) is 0 Å². The Bertz CT molecular complexity index is 602. The molecule has 1 aliphatic heterocycles. The van der Waals surface area contributed by atoms with Gasteiger partial charge >= 0.3 is 0 Å². The first-order chi connectivity index (χ1) is 12.0. The number of carbonyl (C=O) groups excluding carboxylic acids is 2. The molecule has 0 radical (unpaired) electrons. The van der Waals surface area contributed by atoms with Gasteiger partial charge in [0.25, 0.3) is 0 Å². The molecule has 1 N–H and O–H groups in total. The minimum Gasteiger partial charge on any atom is -0.352 e. The van der Waals surface area contributed by atoms with Crippen LogP contribution in [-0.4, -0.2) is 60.4 Å². The average molecular weight is 343 g/mol. The molecule has 0 spiro atoms. The molecule has 1 saturated heterocycles. The molecule has 5 nitrogen and oxygen atoms in total. The number of nitrogens with one attached hydrogen (secondary N) is 1. The van der Waals surface area contributed by atoms with E-state index in [1.807, 2.05) is 36.1 Å². The number of benzene rings is 1. The van der Waals surface area contributed by atoms with E-state index in [0.717, 1.165) is 18.7 Å². The Kier molecular flexibility index (Phi) is 5.74. The molecule has 0 bridgehead atoms. The van der Waals surface area contributed by atoms with Crippen LogP contribution in [0.5, 0.6) is 0 Å². The number of carbonyl (C=O) groups is 2. The quantitative estimate of drug-likeness (QED) is 0.854. The van der Waals surface area contributed by atoms with E-state index in [9.17, 15) is 9.59 Å². The molecule has 1 aromatic rings. The van der Waals surface area contributed by atoms with Crippen LogP contribution in [-0.2, 0) is 16.0 Å². The van der Waals surface area contributed by atoms with Gasteiger partial charge in [-0.1, -0.05) is 29.8 Å². The van der Waals surface area contributed by atoms with Crippen molar-refractivity contribution in [3.8, 4) is 0 Å². The van der Waals surface area contributed by atoms with Gasteiger partial charge in [0, 0.05) is 32.2 Å². The van der Waals surface area contributed by atoms with Crippen LogP contribution in [0, 0.1) is 12.8 Å². The van der Waals surface area contributed by atoms with Crippen molar-refractivity contribution in [2.45, 2.75) is 39.2 Å². The third-order valence-corrected chi connectivity index (χ3v) is 5.29. The predicted octanol–water partition coefficient (Wildman–Crippen LogP) is 1.60. The molecule has 136 valence electrons. The van der Waals surface area contributed by atoms with Gasteiger partial charge < -0.3 is 10.2 Å². The molecule has 0 unspecified atom stereocenters. The molecule has 1 aromatic carbocycles. The molecule has 2 aliphatic rings. The van der Waals surface area contributed by atoms with Crippen LogP contribution < -0.4 is 5.32 Å². The smallest absolute Gasteiger partial charge is 0.234 e. The summed E-state index contributed by atoms with van der Waals surface area (Å²) in [5, 5.41) is 3.10. The molecule has 1 aliphatic carbocycles. The largest absolute Gasteiger partial charge is 0.352 e. The fraction of sp³-hybridized carbons (Fsp3) is 0.600. The summed E-state index contributed by atoms with van der Waals surface area (Å²) in [7, 11) is 0. The van der Waals surface area contributed by atoms with Gasteiger partial charge in [-0.3, -0.25) is 14.5 Å². The van der Waals surface area contributed by atoms with Gasteiger partial charge in [0.15, 0.2) is 0 Å². The van der Waals surface area contributed by atoms with E-state index >= 15 is 0 Å². The molecule has 5 heteroatoms. The minimum absolute atomic E-state index is 0.110. The van der Waals surface area contributed by atoms with E-state index in [2.05, 4.69) is 17.1 Å². The van der Waals surface area contributed by atoms with Crippen LogP contribution in [0.15, 0.2) is 24.3 Å². The lowest BCUT2D eigenvalue weighted by Gasteiger charge is -2.34. The van der Waals surface area contributed by atoms with Crippen LogP contribution in [0.1, 0.15) is 30.9 Å². The Labute approximate surface area is 150 Å². The topological polar surface area (TPSA) is 52.7 Å². The highest BCUT2D eigenvalue weighted by molar-refractivity contribution is 5.79. The summed E-state index contributed by atoms with van der Waals surface area (Å²) in [5.41, 5.74) is 2.27. The fourth-order valence-corrected chi connectivity index (χ4v) is 3.36. The Morgan fingerprint density at radius 2 is 1.76 bits per heavy atom. The number of amides is 2. The molecule has 25 heavy (non-hydrogen) atoms. The van der Waals surface area contributed by atoms with Crippen molar-refractivity contribution in [1.29, 1.82) is 0 Å². The van der Waals surface area contributed by atoms with Crippen LogP contribution in [0.25, 0.3) is 0 Å². The van der Waals surface area contributed by atoms with Crippen molar-refractivity contribution in [2.75, 3.05) is 32.7 Å². The summed E-state index contributed by atoms with van der Waals surface area (Å²) >= 11 is 0. The van der Waals surface area contributed by atoms with Crippen molar-refractivity contribution in [1.82, 2.24) is 15.1 Å². The van der Waals surface area contributed by atoms with Gasteiger partial charge in [-0.05, 0) is 38.2 Å². The van der Waals surface area contributed by atoms with Crippen LogP contribution >= 0.6 is 0 Å². The van der Waals surface area contributed by atoms with Crippen LogP contribution in [0.2, 0.25) is 0 Å². The second-order valence-corrected chi connectivity index (χ2v) is 7.51. The molecule has 1 heterocycles. The Balaban J connectivity index is 1.39. The number of hydrogen-bond acceptors (Lipinski definition) is 3. The van der Waals surface area contributed by atoms with Crippen LogP contribution in [0.3, 0.4) is 0 Å². The van der Waals surface area contributed by atoms with Crippen molar-refractivity contribution in [2.24, 2.45) is 5.92 Å². The average Bonchev–Trinajstić information content (AvgIpc) is 3.42. The molecule has 0 aromatic heterocycles. The highest BCUT2D eigenvalue weighted by atomic mass is 16.2. The van der Waals surface area contributed by atoms with E-state index in [1.54, 1.807) is 0 Å². The monoisotopic (exact) mass is 343 g/mol. The number of rotatable bonds is 6. The maximum absolute atomic E-state index is 12.4. The third-order valence-electron chi connectivity index (χ3n) is 5.29. The van der Waals surface area contributed by atoms with Crippen LogP contribution in [0.4, 0.5) is 0 Å². The van der Waals surface area contributed by atoms with E-state index in [1.165, 1.54) is 18.4 Å². The zero-order chi connectivity index (χ0) is 17.8. The summed E-state index contributed by atoms with van der Waals surface area (Å²) < 4.78 is 0. The van der Waals surface area contributed by atoms with Crippen molar-refractivity contribution < 1.29 is 9.59 Å². The summed E-state index contributed by atoms with van der Waals surface area (Å²) in [5.74, 6) is 0.967. The second kappa shape index (κ2) is 8.00. The lowest BCUT2D eigenvalue weighted by molar-refractivity contribution is -0.132.